The molecule has 0 radical (unpaired) electrons. The van der Waals surface area contributed by atoms with Gasteiger partial charge < -0.3 is 29.0 Å². The fourth-order valence-electron chi connectivity index (χ4n) is 5.31. The molecule has 0 aliphatic carbocycles. The van der Waals surface area contributed by atoms with Crippen molar-refractivity contribution in [1.29, 1.82) is 0 Å². The fourth-order valence-corrected chi connectivity index (χ4v) is 5.31. The topological polar surface area (TPSA) is 75.3 Å². The first-order chi connectivity index (χ1) is 19.5. The third kappa shape index (κ3) is 7.16. The Morgan fingerprint density at radius 3 is 2.20 bits per heavy atom. The van der Waals surface area contributed by atoms with Gasteiger partial charge in [0.15, 0.2) is 12.6 Å². The van der Waals surface area contributed by atoms with Crippen molar-refractivity contribution in [3.8, 4) is 0 Å². The Morgan fingerprint density at radius 2 is 1.52 bits per heavy atom. The maximum absolute atomic E-state index is 13.2. The molecule has 40 heavy (non-hydrogen) atoms. The summed E-state index contributed by atoms with van der Waals surface area (Å²) >= 11 is 0. The van der Waals surface area contributed by atoms with E-state index in [1.807, 2.05) is 92.7 Å². The number of carbonyl (C=O) groups excluding carboxylic acids is 1. The van der Waals surface area contributed by atoms with E-state index in [0.29, 0.717) is 13.2 Å². The standard InChI is InChI=1S/C33H39NO6/c1-22(19-25-13-7-4-8-14-25)34-31(35)24(3)38-29-23(2)32(36-20-26-15-9-5-10-16-26)39-28-21-37-33(40-30(28)29)27-17-11-6-12-18-27/h4-18,22-24,28-30,32-33H,19-21H2,1-3H3,(H,34,35)/t22-,23-,24+,28?,29?,30+,32+,33?/m0/s1. The van der Waals surface area contributed by atoms with Gasteiger partial charge in [0.25, 0.3) is 0 Å². The van der Waals surface area contributed by atoms with E-state index >= 15 is 0 Å². The van der Waals surface area contributed by atoms with E-state index in [4.69, 9.17) is 23.7 Å². The smallest absolute Gasteiger partial charge is 0.249 e. The number of rotatable bonds is 10. The second kappa shape index (κ2) is 13.5. The molecule has 2 saturated heterocycles. The second-order valence-electron chi connectivity index (χ2n) is 10.7. The summed E-state index contributed by atoms with van der Waals surface area (Å²) in [6.07, 6.45) is -2.30. The maximum atomic E-state index is 13.2. The summed E-state index contributed by atoms with van der Waals surface area (Å²) < 4.78 is 31.6. The Hall–Kier alpha value is -3.07. The third-order valence-corrected chi connectivity index (χ3v) is 7.47. The number of nitrogens with one attached hydrogen (secondary N) is 1. The van der Waals surface area contributed by atoms with Crippen molar-refractivity contribution in [2.45, 2.75) is 76.8 Å². The summed E-state index contributed by atoms with van der Waals surface area (Å²) in [6.45, 7) is 6.55. The van der Waals surface area contributed by atoms with Crippen molar-refractivity contribution in [2.24, 2.45) is 5.92 Å². The van der Waals surface area contributed by atoms with Gasteiger partial charge in [-0.05, 0) is 31.4 Å². The number of fused-ring (bicyclic) bond motifs is 1. The Balaban J connectivity index is 1.28. The van der Waals surface area contributed by atoms with Crippen LogP contribution in [0.2, 0.25) is 0 Å². The van der Waals surface area contributed by atoms with E-state index in [-0.39, 0.29) is 17.9 Å². The zero-order valence-electron chi connectivity index (χ0n) is 23.3. The van der Waals surface area contributed by atoms with E-state index in [1.165, 1.54) is 5.56 Å². The average molecular weight is 546 g/mol. The summed E-state index contributed by atoms with van der Waals surface area (Å²) in [5, 5.41) is 3.11. The predicted molar refractivity (Wildman–Crippen MR) is 151 cm³/mol. The van der Waals surface area contributed by atoms with Gasteiger partial charge in [0.2, 0.25) is 5.91 Å². The molecule has 0 spiro atoms. The molecule has 1 amide bonds. The lowest BCUT2D eigenvalue weighted by atomic mass is 9.91. The molecular weight excluding hydrogens is 506 g/mol. The van der Waals surface area contributed by atoms with Crippen LogP contribution in [0.1, 0.15) is 43.8 Å². The van der Waals surface area contributed by atoms with Crippen LogP contribution in [0, 0.1) is 5.92 Å². The van der Waals surface area contributed by atoms with Crippen molar-refractivity contribution < 1.29 is 28.5 Å². The number of hydrogen-bond donors (Lipinski definition) is 1. The molecule has 2 fully saturated rings. The molecule has 2 aliphatic rings. The lowest BCUT2D eigenvalue weighted by Gasteiger charge is -2.49. The first kappa shape index (κ1) is 28.5. The average Bonchev–Trinajstić information content (AvgIpc) is 2.98. The van der Waals surface area contributed by atoms with Gasteiger partial charge in [-0.2, -0.15) is 0 Å². The number of hydrogen-bond acceptors (Lipinski definition) is 6. The summed E-state index contributed by atoms with van der Waals surface area (Å²) in [5.41, 5.74) is 3.15. The van der Waals surface area contributed by atoms with Gasteiger partial charge in [-0.3, -0.25) is 4.79 Å². The minimum absolute atomic E-state index is 0.0374. The number of ether oxygens (including phenoxy) is 5. The molecule has 5 rings (SSSR count). The first-order valence-electron chi connectivity index (χ1n) is 14.1. The number of amides is 1. The van der Waals surface area contributed by atoms with Gasteiger partial charge >= 0.3 is 0 Å². The zero-order valence-corrected chi connectivity index (χ0v) is 23.3. The number of benzene rings is 3. The van der Waals surface area contributed by atoms with Crippen LogP contribution < -0.4 is 5.32 Å². The summed E-state index contributed by atoms with van der Waals surface area (Å²) in [4.78, 5) is 13.2. The molecule has 1 N–H and O–H groups in total. The zero-order chi connectivity index (χ0) is 27.9. The van der Waals surface area contributed by atoms with Crippen molar-refractivity contribution in [3.05, 3.63) is 108 Å². The van der Waals surface area contributed by atoms with Gasteiger partial charge in [0.1, 0.15) is 18.3 Å². The predicted octanol–water partition coefficient (Wildman–Crippen LogP) is 5.20. The summed E-state index contributed by atoms with van der Waals surface area (Å²) in [6, 6.07) is 29.9. The van der Waals surface area contributed by atoms with Crippen LogP contribution in [0.4, 0.5) is 0 Å². The van der Waals surface area contributed by atoms with Crippen LogP contribution in [0.3, 0.4) is 0 Å². The van der Waals surface area contributed by atoms with Crippen LogP contribution in [-0.4, -0.2) is 49.3 Å². The van der Waals surface area contributed by atoms with E-state index < -0.39 is 37.0 Å². The van der Waals surface area contributed by atoms with Gasteiger partial charge in [-0.25, -0.2) is 0 Å². The Bertz CT molecular complexity index is 1190. The van der Waals surface area contributed by atoms with Crippen LogP contribution in [0.25, 0.3) is 0 Å². The molecule has 0 bridgehead atoms. The van der Waals surface area contributed by atoms with E-state index in [0.717, 1.165) is 17.5 Å². The number of carbonyl (C=O) groups is 1. The summed E-state index contributed by atoms with van der Waals surface area (Å²) in [7, 11) is 0. The molecule has 0 aromatic heterocycles. The molecular formula is C33H39NO6. The third-order valence-electron chi connectivity index (χ3n) is 7.47. The normalized spacial score (nSPS) is 27.8. The molecule has 3 unspecified atom stereocenters. The highest BCUT2D eigenvalue weighted by Crippen LogP contribution is 2.38. The van der Waals surface area contributed by atoms with Crippen LogP contribution in [0.5, 0.6) is 0 Å². The molecule has 0 saturated carbocycles. The van der Waals surface area contributed by atoms with Crippen molar-refractivity contribution in [2.75, 3.05) is 6.61 Å². The van der Waals surface area contributed by atoms with Crippen LogP contribution in [-0.2, 0) is 41.5 Å². The van der Waals surface area contributed by atoms with Crippen molar-refractivity contribution in [1.82, 2.24) is 5.32 Å². The highest BCUT2D eigenvalue weighted by molar-refractivity contribution is 5.80. The summed E-state index contributed by atoms with van der Waals surface area (Å²) in [5.74, 6) is -0.358. The highest BCUT2D eigenvalue weighted by atomic mass is 16.7. The quantitative estimate of drug-likeness (QED) is 0.378. The molecule has 212 valence electrons. The molecule has 2 aliphatic heterocycles. The fraction of sp³-hybridized carbons (Fsp3) is 0.424. The highest BCUT2D eigenvalue weighted by Gasteiger charge is 2.50. The van der Waals surface area contributed by atoms with Gasteiger partial charge in [0, 0.05) is 17.5 Å². The van der Waals surface area contributed by atoms with Gasteiger partial charge in [-0.15, -0.1) is 0 Å². The molecule has 3 aromatic carbocycles. The van der Waals surface area contributed by atoms with Gasteiger partial charge in [-0.1, -0.05) is 97.9 Å². The maximum Gasteiger partial charge on any atom is 0.249 e. The Morgan fingerprint density at radius 1 is 0.900 bits per heavy atom. The lowest BCUT2D eigenvalue weighted by Crippen LogP contribution is -2.61. The largest absolute Gasteiger partial charge is 0.362 e. The van der Waals surface area contributed by atoms with Crippen molar-refractivity contribution in [3.63, 3.8) is 0 Å². The van der Waals surface area contributed by atoms with E-state index in [1.54, 1.807) is 6.92 Å². The Kier molecular flexibility index (Phi) is 9.62. The monoisotopic (exact) mass is 545 g/mol. The minimum Gasteiger partial charge on any atom is -0.362 e. The molecule has 3 aromatic rings. The van der Waals surface area contributed by atoms with Crippen molar-refractivity contribution >= 4 is 5.91 Å². The molecule has 8 atom stereocenters. The molecule has 7 nitrogen and oxygen atoms in total. The van der Waals surface area contributed by atoms with E-state index in [9.17, 15) is 4.79 Å². The molecule has 2 heterocycles. The minimum atomic E-state index is -0.694. The van der Waals surface area contributed by atoms with Crippen LogP contribution >= 0.6 is 0 Å². The van der Waals surface area contributed by atoms with E-state index in [2.05, 4.69) is 17.4 Å². The SMILES string of the molecule is C[C@@H](Cc1ccccc1)NC(=O)[C@@H](C)OC1[C@@H]2OC(c3ccccc3)OCC2O[C@@H](OCc2ccccc2)[C@H]1C. The van der Waals surface area contributed by atoms with Gasteiger partial charge in [0.05, 0.1) is 19.3 Å². The molecule has 7 heteroatoms. The second-order valence-corrected chi connectivity index (χ2v) is 10.7. The first-order valence-corrected chi connectivity index (χ1v) is 14.1. The lowest BCUT2D eigenvalue weighted by molar-refractivity contribution is -0.359. The van der Waals surface area contributed by atoms with Crippen LogP contribution in [0.15, 0.2) is 91.0 Å². The Labute approximate surface area is 236 Å².